The monoisotopic (exact) mass is 372 g/mol. The van der Waals surface area contributed by atoms with Crippen molar-refractivity contribution in [3.8, 4) is 0 Å². The molecule has 0 bridgehead atoms. The molecule has 6 nitrogen and oxygen atoms in total. The zero-order chi connectivity index (χ0) is 17.6. The van der Waals surface area contributed by atoms with Gasteiger partial charge >= 0.3 is 5.97 Å². The average molecular weight is 373 g/mol. The maximum Gasteiger partial charge on any atom is 0.305 e. The van der Waals surface area contributed by atoms with E-state index < -0.39 is 10.0 Å². The van der Waals surface area contributed by atoms with E-state index in [9.17, 15) is 13.2 Å². The molecular weight excluding hydrogens is 352 g/mol. The molecule has 1 heterocycles. The maximum atomic E-state index is 12.3. The Bertz CT molecular complexity index is 689. The molecule has 1 aromatic carbocycles. The smallest absolute Gasteiger partial charge is 0.305 e. The third kappa shape index (κ3) is 5.59. The summed E-state index contributed by atoms with van der Waals surface area (Å²) in [4.78, 5) is 11.2. The predicted molar refractivity (Wildman–Crippen MR) is 92.4 cm³/mol. The minimum Gasteiger partial charge on any atom is -0.469 e. The number of carbonyl (C=O) groups is 1. The number of rotatable bonds is 7. The zero-order valence-electron chi connectivity index (χ0n) is 13.4. The molecule has 1 aromatic rings. The molecule has 24 heavy (non-hydrogen) atoms. The van der Waals surface area contributed by atoms with Crippen LogP contribution in [0.4, 0.5) is 0 Å². The van der Waals surface area contributed by atoms with Gasteiger partial charge in [-0.3, -0.25) is 4.79 Å². The van der Waals surface area contributed by atoms with Gasteiger partial charge in [0.2, 0.25) is 10.0 Å². The molecule has 0 aromatic heterocycles. The van der Waals surface area contributed by atoms with Crippen LogP contribution < -0.4 is 10.0 Å². The number of sulfonamides is 1. The second-order valence-electron chi connectivity index (χ2n) is 5.57. The molecule has 0 saturated carbocycles. The predicted octanol–water partition coefficient (Wildman–Crippen LogP) is 1.86. The fraction of sp³-hybridized carbons (Fsp3) is 0.438. The largest absolute Gasteiger partial charge is 0.469 e. The van der Waals surface area contributed by atoms with Crippen molar-refractivity contribution in [2.75, 3.05) is 13.7 Å². The van der Waals surface area contributed by atoms with Crippen LogP contribution in [-0.2, 0) is 19.6 Å². The molecule has 1 fully saturated rings. The van der Waals surface area contributed by atoms with E-state index >= 15 is 0 Å². The van der Waals surface area contributed by atoms with E-state index in [0.717, 1.165) is 0 Å². The molecule has 1 aliphatic rings. The Kier molecular flexibility index (Phi) is 6.79. The highest BCUT2D eigenvalue weighted by atomic mass is 35.5. The highest BCUT2D eigenvalue weighted by molar-refractivity contribution is 7.89. The third-order valence-electron chi connectivity index (χ3n) is 3.72. The van der Waals surface area contributed by atoms with E-state index in [0.29, 0.717) is 30.8 Å². The summed E-state index contributed by atoms with van der Waals surface area (Å²) < 4.78 is 31.9. The summed E-state index contributed by atoms with van der Waals surface area (Å²) >= 11 is 5.78. The van der Waals surface area contributed by atoms with Gasteiger partial charge in [-0.1, -0.05) is 23.8 Å². The molecular formula is C16H21ClN2O4S. The molecule has 2 atom stereocenters. The van der Waals surface area contributed by atoms with Crippen LogP contribution in [0.5, 0.6) is 0 Å². The average Bonchev–Trinajstić information content (AvgIpc) is 2.98. The number of esters is 1. The Labute approximate surface area is 147 Å². The Balaban J connectivity index is 1.84. The maximum absolute atomic E-state index is 12.3. The van der Waals surface area contributed by atoms with Gasteiger partial charge in [-0.25, -0.2) is 13.1 Å². The summed E-state index contributed by atoms with van der Waals surface area (Å²) in [6.07, 6.45) is 5.46. The second-order valence-corrected chi connectivity index (χ2v) is 7.72. The third-order valence-corrected chi connectivity index (χ3v) is 5.51. The van der Waals surface area contributed by atoms with Crippen LogP contribution >= 0.6 is 11.6 Å². The first kappa shape index (κ1) is 18.9. The number of ether oxygens (including phenoxy) is 1. The molecule has 8 heteroatoms. The van der Waals surface area contributed by atoms with E-state index in [1.807, 2.05) is 12.2 Å². The molecule has 0 radical (unpaired) electrons. The van der Waals surface area contributed by atoms with E-state index in [1.54, 1.807) is 12.1 Å². The standard InChI is InChI=1S/C16H21ClN2O4S/c1-23-16(20)5-3-2-4-13-10-14(11-18-13)19-24(21,22)15-8-6-12(17)7-9-15/h2,4,6-9,13-14,18-19H,3,5,10-11H2,1H3/t13-,14-/m1/s1. The molecule has 2 rings (SSSR count). The lowest BCUT2D eigenvalue weighted by molar-refractivity contribution is -0.140. The van der Waals surface area contributed by atoms with E-state index in [1.165, 1.54) is 19.2 Å². The van der Waals surface area contributed by atoms with Crippen LogP contribution in [0, 0.1) is 0 Å². The van der Waals surface area contributed by atoms with Gasteiger partial charge in [-0.05, 0) is 37.1 Å². The van der Waals surface area contributed by atoms with Gasteiger partial charge in [0.25, 0.3) is 0 Å². The summed E-state index contributed by atoms with van der Waals surface area (Å²) in [5, 5.41) is 3.74. The Morgan fingerprint density at radius 1 is 1.42 bits per heavy atom. The number of nitrogens with one attached hydrogen (secondary N) is 2. The first-order valence-electron chi connectivity index (χ1n) is 7.65. The van der Waals surface area contributed by atoms with Gasteiger partial charge in [-0.15, -0.1) is 0 Å². The normalized spacial score (nSPS) is 21.2. The van der Waals surface area contributed by atoms with Gasteiger partial charge in [-0.2, -0.15) is 0 Å². The van der Waals surface area contributed by atoms with Gasteiger partial charge in [0.1, 0.15) is 0 Å². The minimum absolute atomic E-state index is 0.0839. The van der Waals surface area contributed by atoms with Gasteiger partial charge in [0.05, 0.1) is 12.0 Å². The van der Waals surface area contributed by atoms with Crippen molar-refractivity contribution in [2.24, 2.45) is 0 Å². The summed E-state index contributed by atoms with van der Waals surface area (Å²) in [6.45, 7) is 0.554. The summed E-state index contributed by atoms with van der Waals surface area (Å²) in [7, 11) is -2.19. The first-order chi connectivity index (χ1) is 11.4. The highest BCUT2D eigenvalue weighted by Crippen LogP contribution is 2.16. The van der Waals surface area contributed by atoms with Crippen LogP contribution in [0.25, 0.3) is 0 Å². The van der Waals surface area contributed by atoms with Crippen molar-refractivity contribution >= 4 is 27.6 Å². The molecule has 0 amide bonds. The van der Waals surface area contributed by atoms with Gasteiger partial charge in [0.15, 0.2) is 0 Å². The van der Waals surface area contributed by atoms with Crippen molar-refractivity contribution in [1.29, 1.82) is 0 Å². The quantitative estimate of drug-likeness (QED) is 0.563. The number of methoxy groups -OCH3 is 1. The van der Waals surface area contributed by atoms with Crippen molar-refractivity contribution in [3.05, 3.63) is 41.4 Å². The molecule has 132 valence electrons. The van der Waals surface area contributed by atoms with Crippen molar-refractivity contribution in [2.45, 2.75) is 36.2 Å². The van der Waals surface area contributed by atoms with Crippen molar-refractivity contribution in [1.82, 2.24) is 10.0 Å². The molecule has 2 N–H and O–H groups in total. The van der Waals surface area contributed by atoms with Crippen molar-refractivity contribution < 1.29 is 17.9 Å². The van der Waals surface area contributed by atoms with Crippen LogP contribution in [0.2, 0.25) is 5.02 Å². The van der Waals surface area contributed by atoms with Crippen molar-refractivity contribution in [3.63, 3.8) is 0 Å². The summed E-state index contributed by atoms with van der Waals surface area (Å²) in [5.41, 5.74) is 0. The molecule has 1 saturated heterocycles. The number of benzene rings is 1. The van der Waals surface area contributed by atoms with E-state index in [4.69, 9.17) is 11.6 Å². The van der Waals surface area contributed by atoms with E-state index in [-0.39, 0.29) is 22.9 Å². The Morgan fingerprint density at radius 3 is 2.79 bits per heavy atom. The molecule has 0 aliphatic carbocycles. The Morgan fingerprint density at radius 2 is 2.12 bits per heavy atom. The van der Waals surface area contributed by atoms with Crippen LogP contribution in [0.1, 0.15) is 19.3 Å². The number of allylic oxidation sites excluding steroid dienone is 1. The van der Waals surface area contributed by atoms with Crippen LogP contribution in [0.15, 0.2) is 41.3 Å². The minimum atomic E-state index is -3.56. The van der Waals surface area contributed by atoms with Gasteiger partial charge in [0, 0.05) is 30.1 Å². The Hall–Kier alpha value is -1.41. The molecule has 0 spiro atoms. The fourth-order valence-electron chi connectivity index (χ4n) is 2.47. The summed E-state index contributed by atoms with van der Waals surface area (Å²) in [6, 6.07) is 5.97. The lowest BCUT2D eigenvalue weighted by atomic mass is 10.1. The lowest BCUT2D eigenvalue weighted by Crippen LogP contribution is -2.36. The first-order valence-corrected chi connectivity index (χ1v) is 9.51. The highest BCUT2D eigenvalue weighted by Gasteiger charge is 2.27. The zero-order valence-corrected chi connectivity index (χ0v) is 14.9. The number of hydrogen-bond acceptors (Lipinski definition) is 5. The van der Waals surface area contributed by atoms with E-state index in [2.05, 4.69) is 14.8 Å². The number of hydrogen-bond donors (Lipinski definition) is 2. The van der Waals surface area contributed by atoms with Gasteiger partial charge < -0.3 is 10.1 Å². The van der Waals surface area contributed by atoms with Crippen LogP contribution in [-0.4, -0.2) is 40.1 Å². The molecule has 1 aliphatic heterocycles. The number of carbonyl (C=O) groups excluding carboxylic acids is 1. The topological polar surface area (TPSA) is 84.5 Å². The van der Waals surface area contributed by atoms with Crippen LogP contribution in [0.3, 0.4) is 0 Å². The lowest BCUT2D eigenvalue weighted by Gasteiger charge is -2.12. The second kappa shape index (κ2) is 8.62. The SMILES string of the molecule is COC(=O)CCC=C[C@@H]1C[C@@H](NS(=O)(=O)c2ccc(Cl)cc2)CN1. The molecule has 0 unspecified atom stereocenters. The summed E-state index contributed by atoms with van der Waals surface area (Å²) in [5.74, 6) is -0.243. The fourth-order valence-corrected chi connectivity index (χ4v) is 3.84. The number of halogens is 1.